The topological polar surface area (TPSA) is 87.7 Å². The van der Waals surface area contributed by atoms with Crippen LogP contribution in [-0.2, 0) is 14.0 Å². The molecule has 0 fully saturated rings. The lowest BCUT2D eigenvalue weighted by molar-refractivity contribution is -0.122. The first-order valence-electron chi connectivity index (χ1n) is 15.2. The van der Waals surface area contributed by atoms with Crippen LogP contribution in [0.25, 0.3) is 6.08 Å². The lowest BCUT2D eigenvalue weighted by atomic mass is 9.84. The molecule has 0 aromatic heterocycles. The highest BCUT2D eigenvalue weighted by atomic mass is 35.5. The van der Waals surface area contributed by atoms with Crippen LogP contribution >= 0.6 is 23.2 Å². The third kappa shape index (κ3) is 9.20. The van der Waals surface area contributed by atoms with Crippen molar-refractivity contribution in [1.82, 2.24) is 10.6 Å². The van der Waals surface area contributed by atoms with Gasteiger partial charge in [0.2, 0.25) is 20.9 Å². The van der Waals surface area contributed by atoms with Gasteiger partial charge in [0.05, 0.1) is 23.4 Å². The number of nitrogens with zero attached hydrogens (tertiary/aromatic N) is 1. The average Bonchev–Trinajstić information content (AvgIpc) is 3.07. The van der Waals surface area contributed by atoms with E-state index in [-0.39, 0.29) is 18.4 Å². The molecule has 4 aromatic carbocycles. The van der Waals surface area contributed by atoms with Crippen molar-refractivity contribution in [2.45, 2.75) is 26.9 Å². The fourth-order valence-corrected chi connectivity index (χ4v) is 8.40. The Labute approximate surface area is 288 Å². The fraction of sp³-hybridized carbons (Fsp3) is 0.216. The van der Waals surface area contributed by atoms with Crippen LogP contribution in [-0.4, -0.2) is 47.4 Å². The van der Waals surface area contributed by atoms with Crippen LogP contribution in [0.2, 0.25) is 10.0 Å². The highest BCUT2D eigenvalue weighted by molar-refractivity contribution is 6.80. The summed E-state index contributed by atoms with van der Waals surface area (Å²) in [5, 5.41) is 8.18. The highest BCUT2D eigenvalue weighted by Crippen LogP contribution is 2.46. The Bertz CT molecular complexity index is 1690. The van der Waals surface area contributed by atoms with E-state index < -0.39 is 26.5 Å². The number of amides is 3. The van der Waals surface area contributed by atoms with E-state index in [1.807, 2.05) is 36.4 Å². The second-order valence-corrected chi connectivity index (χ2v) is 15.2. The first kappa shape index (κ1) is 35.6. The van der Waals surface area contributed by atoms with Gasteiger partial charge in [0.1, 0.15) is 0 Å². The smallest absolute Gasteiger partial charge is 0.251 e. The van der Waals surface area contributed by atoms with Gasteiger partial charge in [-0.1, -0.05) is 117 Å². The molecule has 0 aliphatic rings. The van der Waals surface area contributed by atoms with E-state index in [0.717, 1.165) is 15.9 Å². The van der Waals surface area contributed by atoms with E-state index in [1.165, 1.54) is 11.0 Å². The molecule has 0 heterocycles. The molecule has 3 amide bonds. The summed E-state index contributed by atoms with van der Waals surface area (Å²) in [6.07, 6.45) is 2.44. The Hall–Kier alpha value is -4.21. The maximum atomic E-state index is 13.2. The Morgan fingerprint density at radius 3 is 1.98 bits per heavy atom. The van der Waals surface area contributed by atoms with E-state index in [4.69, 9.17) is 27.6 Å². The third-order valence-electron chi connectivity index (χ3n) is 7.61. The second kappa shape index (κ2) is 16.1. The molecule has 0 aliphatic carbocycles. The highest BCUT2D eigenvalue weighted by Gasteiger charge is 2.36. The summed E-state index contributed by atoms with van der Waals surface area (Å²) in [7, 11) is 0.958. The van der Waals surface area contributed by atoms with Crippen molar-refractivity contribution in [3.63, 3.8) is 0 Å². The predicted molar refractivity (Wildman–Crippen MR) is 194 cm³/mol. The van der Waals surface area contributed by atoms with Gasteiger partial charge >= 0.3 is 0 Å². The van der Waals surface area contributed by atoms with Crippen LogP contribution in [0.3, 0.4) is 0 Å². The molecule has 0 saturated carbocycles. The summed E-state index contributed by atoms with van der Waals surface area (Å²) >= 11 is 13.9. The standard InChI is InChI=1S/C37H39Cl2N3O4Si/c1-37(2,3)35(46-47(27-12-8-6-9-13-27)28-14-10-7-11-15-28)33-29(38)21-22-30(34(33)39)42(5)32(44)24-41-31(43)23-18-25-16-19-26(20-17-25)36(45)40-4/h6-23,35,47H,24H2,1-5H3,(H,40,45)(H,41,43)/b23-18+. The SMILES string of the molecule is CNC(=O)c1ccc(/C=C/C(=O)NCC(=O)N(C)c2ccc(Cl)c(C(O[SiH](c3ccccc3)c3ccccc3)C(C)(C)C)c2Cl)cc1. The van der Waals surface area contributed by atoms with Crippen molar-refractivity contribution in [3.8, 4) is 0 Å². The first-order chi connectivity index (χ1) is 22.4. The largest absolute Gasteiger partial charge is 0.403 e. The average molecular weight is 689 g/mol. The van der Waals surface area contributed by atoms with Gasteiger partial charge in [0, 0.05) is 36.3 Å². The van der Waals surface area contributed by atoms with Crippen molar-refractivity contribution >= 4 is 72.1 Å². The minimum Gasteiger partial charge on any atom is -0.403 e. The number of rotatable bonds is 11. The summed E-state index contributed by atoms with van der Waals surface area (Å²) in [6, 6.07) is 30.6. The lowest BCUT2D eigenvalue weighted by Gasteiger charge is -2.36. The van der Waals surface area contributed by atoms with E-state index in [1.54, 1.807) is 56.6 Å². The summed E-state index contributed by atoms with van der Waals surface area (Å²) in [5.41, 5.74) is 1.90. The molecule has 1 unspecified atom stereocenters. The number of nitrogens with one attached hydrogen (secondary N) is 2. The zero-order chi connectivity index (χ0) is 34.1. The van der Waals surface area contributed by atoms with Gasteiger partial charge in [-0.3, -0.25) is 14.4 Å². The van der Waals surface area contributed by atoms with Crippen LogP contribution in [0, 0.1) is 5.41 Å². The maximum Gasteiger partial charge on any atom is 0.251 e. The van der Waals surface area contributed by atoms with Gasteiger partial charge < -0.3 is 20.0 Å². The van der Waals surface area contributed by atoms with E-state index in [0.29, 0.717) is 26.9 Å². The van der Waals surface area contributed by atoms with Gasteiger partial charge in [-0.25, -0.2) is 0 Å². The number of hydrogen-bond donors (Lipinski definition) is 2. The van der Waals surface area contributed by atoms with Gasteiger partial charge in [-0.15, -0.1) is 0 Å². The van der Waals surface area contributed by atoms with E-state index >= 15 is 0 Å². The molecule has 0 spiro atoms. The molecule has 0 radical (unpaired) electrons. The van der Waals surface area contributed by atoms with Gasteiger partial charge in [0.15, 0.2) is 0 Å². The Balaban J connectivity index is 1.53. The molecule has 244 valence electrons. The molecule has 4 rings (SSSR count). The van der Waals surface area contributed by atoms with Crippen molar-refractivity contribution in [2.75, 3.05) is 25.5 Å². The van der Waals surface area contributed by atoms with Crippen LogP contribution < -0.4 is 25.9 Å². The Morgan fingerprint density at radius 1 is 0.872 bits per heavy atom. The maximum absolute atomic E-state index is 13.2. The normalized spacial score (nSPS) is 12.2. The molecule has 0 aliphatic heterocycles. The lowest BCUT2D eigenvalue weighted by Crippen LogP contribution is -2.47. The molecule has 2 N–H and O–H groups in total. The van der Waals surface area contributed by atoms with E-state index in [2.05, 4.69) is 55.7 Å². The minimum atomic E-state index is -2.21. The zero-order valence-electron chi connectivity index (χ0n) is 27.1. The molecule has 4 aromatic rings. The predicted octanol–water partition coefficient (Wildman–Crippen LogP) is 5.79. The summed E-state index contributed by atoms with van der Waals surface area (Å²) < 4.78 is 7.08. The number of benzene rings is 4. The molecule has 0 bridgehead atoms. The van der Waals surface area contributed by atoms with Crippen LogP contribution in [0.4, 0.5) is 5.69 Å². The number of likely N-dealkylation sites (N-methyl/N-ethyl adjacent to an activating group) is 1. The van der Waals surface area contributed by atoms with Gasteiger partial charge in [0.25, 0.3) is 5.91 Å². The quantitative estimate of drug-likeness (QED) is 0.154. The third-order valence-corrected chi connectivity index (χ3v) is 10.9. The summed E-state index contributed by atoms with van der Waals surface area (Å²) in [6.45, 7) is 5.98. The molecule has 10 heteroatoms. The second-order valence-electron chi connectivity index (χ2n) is 12.1. The first-order valence-corrected chi connectivity index (χ1v) is 17.6. The number of carbonyl (C=O) groups is 3. The fourth-order valence-electron chi connectivity index (χ4n) is 5.04. The van der Waals surface area contributed by atoms with Crippen molar-refractivity contribution in [3.05, 3.63) is 130 Å². The molecule has 7 nitrogen and oxygen atoms in total. The zero-order valence-corrected chi connectivity index (χ0v) is 29.8. The molecular formula is C37H39Cl2N3O4Si. The number of carbonyl (C=O) groups excluding carboxylic acids is 3. The number of anilines is 1. The van der Waals surface area contributed by atoms with Gasteiger partial charge in [-0.2, -0.15) is 0 Å². The van der Waals surface area contributed by atoms with Crippen LogP contribution in [0.5, 0.6) is 0 Å². The number of halogens is 2. The summed E-state index contributed by atoms with van der Waals surface area (Å²) in [5.74, 6) is -1.00. The Kier molecular flexibility index (Phi) is 12.2. The van der Waals surface area contributed by atoms with Crippen LogP contribution in [0.1, 0.15) is 48.4 Å². The molecular weight excluding hydrogens is 649 g/mol. The molecule has 0 saturated heterocycles. The van der Waals surface area contributed by atoms with Crippen molar-refractivity contribution in [2.24, 2.45) is 5.41 Å². The van der Waals surface area contributed by atoms with E-state index in [9.17, 15) is 14.4 Å². The van der Waals surface area contributed by atoms with Crippen molar-refractivity contribution in [1.29, 1.82) is 0 Å². The van der Waals surface area contributed by atoms with Crippen LogP contribution in [0.15, 0.2) is 103 Å². The van der Waals surface area contributed by atoms with Crippen molar-refractivity contribution < 1.29 is 18.8 Å². The Morgan fingerprint density at radius 2 is 1.45 bits per heavy atom. The monoisotopic (exact) mass is 687 g/mol. The summed E-state index contributed by atoms with van der Waals surface area (Å²) in [4.78, 5) is 38.9. The molecule has 1 atom stereocenters. The minimum absolute atomic E-state index is 0.194. The molecule has 47 heavy (non-hydrogen) atoms. The number of hydrogen-bond acceptors (Lipinski definition) is 4. The van der Waals surface area contributed by atoms with Gasteiger partial charge in [-0.05, 0) is 51.7 Å².